The molecule has 2 aromatic carbocycles. The first-order valence-corrected chi connectivity index (χ1v) is 16.2. The van der Waals surface area contributed by atoms with Crippen LogP contribution in [-0.2, 0) is 27.2 Å². The Hall–Kier alpha value is -3.40. The molecule has 3 fully saturated rings. The lowest BCUT2D eigenvalue weighted by Gasteiger charge is -2.33. The second-order valence-electron chi connectivity index (χ2n) is 12.1. The van der Waals surface area contributed by atoms with Crippen LogP contribution in [0.3, 0.4) is 0 Å². The molecule has 2 atom stereocenters. The highest BCUT2D eigenvalue weighted by Gasteiger charge is 2.45. The lowest BCUT2D eigenvalue weighted by Crippen LogP contribution is -2.48. The number of hydrogen-bond donors (Lipinski definition) is 0. The van der Waals surface area contributed by atoms with Crippen LogP contribution in [0.1, 0.15) is 48.3 Å². The van der Waals surface area contributed by atoms with Crippen LogP contribution in [-0.4, -0.2) is 86.0 Å². The Morgan fingerprint density at radius 2 is 1.37 bits per heavy atom. The summed E-state index contributed by atoms with van der Waals surface area (Å²) in [6.45, 7) is 0.509. The highest BCUT2D eigenvalue weighted by Crippen LogP contribution is 2.40. The van der Waals surface area contributed by atoms with Crippen molar-refractivity contribution in [3.8, 4) is 0 Å². The molecule has 8 nitrogen and oxygen atoms in total. The average molecular weight is 679 g/mol. The standard InChI is InChI=1S/C30H33F7N4O4S/c1-38(23-14-20(29(32,33)34)13-21(15-23)30(35,36)37)28(43)39(2)26-17-40(16-25(26)18-3-5-22(31)6-4-18)27(42)19-9-11-41(12-10-19)46(44,45)24-7-8-24/h3-6,13-15,19,24-26H,7-12,16-17H2,1-2H3/t25-,26+/m0/s1. The minimum atomic E-state index is -5.11. The summed E-state index contributed by atoms with van der Waals surface area (Å²) in [7, 11) is -0.985. The van der Waals surface area contributed by atoms with Gasteiger partial charge >= 0.3 is 18.4 Å². The highest BCUT2D eigenvalue weighted by atomic mass is 32.2. The van der Waals surface area contributed by atoms with Gasteiger partial charge in [0.1, 0.15) is 5.82 Å². The van der Waals surface area contributed by atoms with Crippen molar-refractivity contribution < 1.29 is 48.7 Å². The molecule has 1 aliphatic carbocycles. The molecule has 2 saturated heterocycles. The first-order chi connectivity index (χ1) is 21.4. The predicted molar refractivity (Wildman–Crippen MR) is 154 cm³/mol. The van der Waals surface area contributed by atoms with Crippen molar-refractivity contribution >= 4 is 27.6 Å². The second kappa shape index (κ2) is 12.3. The van der Waals surface area contributed by atoms with Crippen LogP contribution in [0.15, 0.2) is 42.5 Å². The molecule has 0 bridgehead atoms. The number of amides is 3. The Morgan fingerprint density at radius 1 is 0.826 bits per heavy atom. The van der Waals surface area contributed by atoms with Crippen molar-refractivity contribution in [1.82, 2.24) is 14.1 Å². The maximum Gasteiger partial charge on any atom is 0.416 e. The van der Waals surface area contributed by atoms with E-state index in [2.05, 4.69) is 0 Å². The van der Waals surface area contributed by atoms with E-state index in [-0.39, 0.29) is 43.4 Å². The van der Waals surface area contributed by atoms with Crippen molar-refractivity contribution in [1.29, 1.82) is 0 Å². The van der Waals surface area contributed by atoms with Crippen molar-refractivity contribution in [3.05, 3.63) is 65.0 Å². The molecule has 5 rings (SSSR count). The summed E-state index contributed by atoms with van der Waals surface area (Å²) in [5.41, 5.74) is -3.20. The number of rotatable bonds is 6. The molecule has 0 aromatic heterocycles. The zero-order valence-corrected chi connectivity index (χ0v) is 25.8. The molecule has 16 heteroatoms. The predicted octanol–water partition coefficient (Wildman–Crippen LogP) is 5.55. The zero-order valence-electron chi connectivity index (χ0n) is 25.0. The van der Waals surface area contributed by atoms with E-state index in [0.29, 0.717) is 48.3 Å². The van der Waals surface area contributed by atoms with Gasteiger partial charge in [0, 0.05) is 57.8 Å². The number of halogens is 7. The van der Waals surface area contributed by atoms with Gasteiger partial charge in [0.05, 0.1) is 22.4 Å². The third-order valence-electron chi connectivity index (χ3n) is 9.05. The lowest BCUT2D eigenvalue weighted by molar-refractivity contribution is -0.143. The van der Waals surface area contributed by atoms with Crippen LogP contribution >= 0.6 is 0 Å². The van der Waals surface area contributed by atoms with Crippen LogP contribution in [0.2, 0.25) is 0 Å². The smallest absolute Gasteiger partial charge is 0.340 e. The SMILES string of the molecule is CN(C(=O)N(C)[C@@H]1CN(C(=O)C2CCN(S(=O)(=O)C3CC3)CC2)C[C@H]1c1ccc(F)cc1)c1cc(C(F)(F)F)cc(C(F)(F)F)c1. The molecule has 2 heterocycles. The summed E-state index contributed by atoms with van der Waals surface area (Å²) >= 11 is 0. The number of hydrogen-bond acceptors (Lipinski definition) is 4. The fourth-order valence-corrected chi connectivity index (χ4v) is 8.08. The number of alkyl halides is 6. The highest BCUT2D eigenvalue weighted by molar-refractivity contribution is 7.90. The molecule has 3 aliphatic rings. The summed E-state index contributed by atoms with van der Waals surface area (Å²) in [5.74, 6) is -1.81. The zero-order chi connectivity index (χ0) is 33.8. The molecule has 46 heavy (non-hydrogen) atoms. The molecule has 1 saturated carbocycles. The van der Waals surface area contributed by atoms with Gasteiger partial charge < -0.3 is 9.80 Å². The third-order valence-corrected chi connectivity index (χ3v) is 11.5. The van der Waals surface area contributed by atoms with E-state index in [1.54, 1.807) is 0 Å². The largest absolute Gasteiger partial charge is 0.416 e. The van der Waals surface area contributed by atoms with Gasteiger partial charge in [-0.3, -0.25) is 9.69 Å². The molecular weight excluding hydrogens is 645 g/mol. The first kappa shape index (κ1) is 33.9. The molecule has 0 unspecified atom stereocenters. The number of urea groups is 1. The topological polar surface area (TPSA) is 81.2 Å². The summed E-state index contributed by atoms with van der Waals surface area (Å²) in [4.78, 5) is 30.7. The van der Waals surface area contributed by atoms with Crippen molar-refractivity contribution in [2.24, 2.45) is 5.92 Å². The minimum absolute atomic E-state index is 0.00602. The first-order valence-electron chi connectivity index (χ1n) is 14.7. The monoisotopic (exact) mass is 678 g/mol. The Labute approximate surface area is 261 Å². The van der Waals surface area contributed by atoms with Gasteiger partial charge in [0.2, 0.25) is 15.9 Å². The summed E-state index contributed by atoms with van der Waals surface area (Å²) in [5, 5.41) is -0.363. The van der Waals surface area contributed by atoms with Crippen LogP contribution in [0, 0.1) is 11.7 Å². The summed E-state index contributed by atoms with van der Waals surface area (Å²) in [6.07, 6.45) is -8.35. The van der Waals surface area contributed by atoms with Gasteiger partial charge in [-0.05, 0) is 61.6 Å². The number of likely N-dealkylation sites (tertiary alicyclic amines) is 1. The molecule has 252 valence electrons. The number of benzene rings is 2. The number of carbonyl (C=O) groups is 2. The molecule has 0 radical (unpaired) electrons. The lowest BCUT2D eigenvalue weighted by atomic mass is 9.93. The van der Waals surface area contributed by atoms with Crippen molar-refractivity contribution in [2.45, 2.75) is 55.2 Å². The number of sulfonamides is 1. The van der Waals surface area contributed by atoms with Crippen molar-refractivity contribution in [3.63, 3.8) is 0 Å². The van der Waals surface area contributed by atoms with E-state index >= 15 is 0 Å². The number of nitrogens with zero attached hydrogens (tertiary/aromatic N) is 4. The van der Waals surface area contributed by atoms with Crippen LogP contribution in [0.5, 0.6) is 0 Å². The fourth-order valence-electron chi connectivity index (χ4n) is 6.21. The van der Waals surface area contributed by atoms with Gasteiger partial charge in [0.15, 0.2) is 0 Å². The average Bonchev–Trinajstić information content (AvgIpc) is 3.79. The maximum atomic E-state index is 13.8. The molecule has 3 amide bonds. The molecular formula is C30H33F7N4O4S. The van der Waals surface area contributed by atoms with Gasteiger partial charge in [-0.2, -0.15) is 26.3 Å². The molecule has 0 N–H and O–H groups in total. The van der Waals surface area contributed by atoms with E-state index in [1.165, 1.54) is 45.4 Å². The van der Waals surface area contributed by atoms with Crippen LogP contribution < -0.4 is 4.90 Å². The van der Waals surface area contributed by atoms with Gasteiger partial charge in [-0.25, -0.2) is 21.9 Å². The van der Waals surface area contributed by atoms with E-state index in [4.69, 9.17) is 0 Å². The van der Waals surface area contributed by atoms with Gasteiger partial charge in [-0.1, -0.05) is 12.1 Å². The van der Waals surface area contributed by atoms with E-state index in [9.17, 15) is 48.7 Å². The Morgan fingerprint density at radius 3 is 1.87 bits per heavy atom. The van der Waals surface area contributed by atoms with E-state index in [1.807, 2.05) is 0 Å². The van der Waals surface area contributed by atoms with Gasteiger partial charge in [0.25, 0.3) is 0 Å². The van der Waals surface area contributed by atoms with Crippen LogP contribution in [0.4, 0.5) is 41.2 Å². The second-order valence-corrected chi connectivity index (χ2v) is 14.3. The fraction of sp³-hybridized carbons (Fsp3) is 0.533. The minimum Gasteiger partial charge on any atom is -0.340 e. The quantitative estimate of drug-likeness (QED) is 0.376. The molecule has 2 aromatic rings. The molecule has 2 aliphatic heterocycles. The number of anilines is 1. The number of piperidine rings is 1. The Kier molecular flexibility index (Phi) is 9.09. The van der Waals surface area contributed by atoms with Crippen molar-refractivity contribution in [2.75, 3.05) is 45.2 Å². The molecule has 0 spiro atoms. The Balaban J connectivity index is 1.37. The van der Waals surface area contributed by atoms with Gasteiger partial charge in [-0.15, -0.1) is 0 Å². The van der Waals surface area contributed by atoms with E-state index < -0.39 is 68.9 Å². The van der Waals surface area contributed by atoms with E-state index in [0.717, 1.165) is 7.05 Å². The van der Waals surface area contributed by atoms with Crippen LogP contribution in [0.25, 0.3) is 0 Å². The Bertz CT molecular complexity index is 1540. The summed E-state index contributed by atoms with van der Waals surface area (Å²) < 4.78 is 121. The number of likely N-dealkylation sites (N-methyl/N-ethyl adjacent to an activating group) is 1. The number of carbonyl (C=O) groups excluding carboxylic acids is 2. The normalized spacial score (nSPS) is 21.8. The third kappa shape index (κ3) is 6.97. The maximum absolute atomic E-state index is 13.8. The summed E-state index contributed by atoms with van der Waals surface area (Å²) in [6, 6.07) is 4.61.